The predicted octanol–water partition coefficient (Wildman–Crippen LogP) is -0.319. The van der Waals surface area contributed by atoms with Crippen LogP contribution < -0.4 is 10.2 Å². The maximum atomic E-state index is 4.57. The number of hydrogen-bond donors (Lipinski definition) is 1. The van der Waals surface area contributed by atoms with Crippen LogP contribution >= 0.6 is 0 Å². The van der Waals surface area contributed by atoms with E-state index in [-0.39, 0.29) is 0 Å². The van der Waals surface area contributed by atoms with Gasteiger partial charge in [-0.3, -0.25) is 0 Å². The Balaban J connectivity index is 1.71. The Morgan fingerprint density at radius 2 is 1.95 bits per heavy atom. The van der Waals surface area contributed by atoms with Gasteiger partial charge < -0.3 is 10.2 Å². The van der Waals surface area contributed by atoms with Crippen LogP contribution in [-0.4, -0.2) is 61.3 Å². The highest BCUT2D eigenvalue weighted by Crippen LogP contribution is 2.16. The van der Waals surface area contributed by atoms with Crippen molar-refractivity contribution in [1.29, 1.82) is 0 Å². The van der Waals surface area contributed by atoms with Crippen LogP contribution in [0.25, 0.3) is 22.7 Å². The smallest absolute Gasteiger partial charge is 0.226 e. The Bertz CT molecular complexity index is 800. The van der Waals surface area contributed by atoms with E-state index >= 15 is 0 Å². The van der Waals surface area contributed by atoms with Crippen molar-refractivity contribution in [2.75, 3.05) is 31.1 Å². The molecule has 4 heterocycles. The van der Waals surface area contributed by atoms with Gasteiger partial charge >= 0.3 is 0 Å². The van der Waals surface area contributed by atoms with Gasteiger partial charge in [0, 0.05) is 32.4 Å². The standard InChI is InChI=1S/C13H13N9/c1-2-15-13(22-5-3-14-4-6-22)19-9(1)11-16-7-10-12(20-11)17-8-18-21-10/h1-2,7-8,14H,3-6H2. The van der Waals surface area contributed by atoms with Crippen LogP contribution in [0.2, 0.25) is 0 Å². The van der Waals surface area contributed by atoms with Crippen LogP contribution in [-0.2, 0) is 0 Å². The molecule has 22 heavy (non-hydrogen) atoms. The van der Waals surface area contributed by atoms with Gasteiger partial charge in [-0.25, -0.2) is 24.9 Å². The molecule has 1 saturated heterocycles. The quantitative estimate of drug-likeness (QED) is 0.680. The molecule has 3 aromatic heterocycles. The summed E-state index contributed by atoms with van der Waals surface area (Å²) in [6.45, 7) is 3.64. The van der Waals surface area contributed by atoms with Crippen molar-refractivity contribution >= 4 is 17.1 Å². The molecule has 110 valence electrons. The van der Waals surface area contributed by atoms with Gasteiger partial charge in [-0.15, -0.1) is 10.2 Å². The third-order valence-electron chi connectivity index (χ3n) is 3.42. The number of piperazine rings is 1. The summed E-state index contributed by atoms with van der Waals surface area (Å²) < 4.78 is 0. The van der Waals surface area contributed by atoms with Gasteiger partial charge in [0.05, 0.1) is 6.20 Å². The van der Waals surface area contributed by atoms with Gasteiger partial charge in [-0.05, 0) is 6.07 Å². The summed E-state index contributed by atoms with van der Waals surface area (Å²) in [6.07, 6.45) is 4.70. The van der Waals surface area contributed by atoms with E-state index in [4.69, 9.17) is 0 Å². The van der Waals surface area contributed by atoms with Crippen LogP contribution in [0.15, 0.2) is 24.8 Å². The van der Waals surface area contributed by atoms with E-state index in [1.807, 2.05) is 0 Å². The van der Waals surface area contributed by atoms with Crippen molar-refractivity contribution in [3.8, 4) is 11.5 Å². The summed E-state index contributed by atoms with van der Waals surface area (Å²) >= 11 is 0. The molecule has 0 bridgehead atoms. The van der Waals surface area contributed by atoms with Crippen LogP contribution in [0.4, 0.5) is 5.95 Å². The van der Waals surface area contributed by atoms with E-state index in [1.54, 1.807) is 18.5 Å². The van der Waals surface area contributed by atoms with E-state index in [2.05, 4.69) is 45.3 Å². The molecule has 0 saturated carbocycles. The summed E-state index contributed by atoms with van der Waals surface area (Å²) in [6, 6.07) is 1.79. The lowest BCUT2D eigenvalue weighted by Crippen LogP contribution is -2.44. The molecule has 1 aliphatic rings. The Morgan fingerprint density at radius 3 is 2.86 bits per heavy atom. The largest absolute Gasteiger partial charge is 0.338 e. The van der Waals surface area contributed by atoms with Crippen LogP contribution in [0.1, 0.15) is 0 Å². The average Bonchev–Trinajstić information content (AvgIpc) is 2.62. The molecule has 1 N–H and O–H groups in total. The van der Waals surface area contributed by atoms with E-state index in [0.29, 0.717) is 28.6 Å². The summed E-state index contributed by atoms with van der Waals surface area (Å²) in [5, 5.41) is 10.9. The van der Waals surface area contributed by atoms with Crippen LogP contribution in [0.5, 0.6) is 0 Å². The maximum absolute atomic E-state index is 4.57. The first-order valence-corrected chi connectivity index (χ1v) is 7.00. The molecule has 9 heteroatoms. The minimum atomic E-state index is 0.502. The zero-order valence-corrected chi connectivity index (χ0v) is 11.7. The lowest BCUT2D eigenvalue weighted by Gasteiger charge is -2.27. The highest BCUT2D eigenvalue weighted by molar-refractivity contribution is 5.69. The highest BCUT2D eigenvalue weighted by atomic mass is 15.3. The van der Waals surface area contributed by atoms with Crippen molar-refractivity contribution in [2.45, 2.75) is 0 Å². The monoisotopic (exact) mass is 295 g/mol. The summed E-state index contributed by atoms with van der Waals surface area (Å²) in [4.78, 5) is 23.8. The molecule has 0 unspecified atom stereocenters. The Morgan fingerprint density at radius 1 is 1.05 bits per heavy atom. The molecule has 0 amide bonds. The fourth-order valence-corrected chi connectivity index (χ4v) is 2.31. The van der Waals surface area contributed by atoms with Crippen molar-refractivity contribution < 1.29 is 0 Å². The topological polar surface area (TPSA) is 106 Å². The van der Waals surface area contributed by atoms with Crippen molar-refractivity contribution in [1.82, 2.24) is 40.4 Å². The Hall–Kier alpha value is -2.81. The van der Waals surface area contributed by atoms with Crippen molar-refractivity contribution in [3.63, 3.8) is 0 Å². The van der Waals surface area contributed by atoms with Gasteiger partial charge in [-0.1, -0.05) is 0 Å². The second kappa shape index (κ2) is 5.53. The van der Waals surface area contributed by atoms with Crippen molar-refractivity contribution in [3.05, 3.63) is 24.8 Å². The third kappa shape index (κ3) is 2.42. The SMILES string of the molecule is c1cc(-c2ncc3nncnc3n2)nc(N2CCNCC2)n1. The minimum absolute atomic E-state index is 0.502. The van der Waals surface area contributed by atoms with E-state index < -0.39 is 0 Å². The fraction of sp³-hybridized carbons (Fsp3) is 0.308. The minimum Gasteiger partial charge on any atom is -0.338 e. The van der Waals surface area contributed by atoms with Gasteiger partial charge in [0.25, 0.3) is 0 Å². The van der Waals surface area contributed by atoms with E-state index in [0.717, 1.165) is 26.2 Å². The van der Waals surface area contributed by atoms with Gasteiger partial charge in [0.2, 0.25) is 5.95 Å². The molecule has 1 fully saturated rings. The highest BCUT2D eigenvalue weighted by Gasteiger charge is 2.14. The number of rotatable bonds is 2. The molecule has 0 aromatic carbocycles. The van der Waals surface area contributed by atoms with E-state index in [9.17, 15) is 0 Å². The lowest BCUT2D eigenvalue weighted by molar-refractivity contribution is 0.580. The van der Waals surface area contributed by atoms with Crippen LogP contribution in [0, 0.1) is 0 Å². The zero-order chi connectivity index (χ0) is 14.8. The number of aromatic nitrogens is 7. The van der Waals surface area contributed by atoms with E-state index in [1.165, 1.54) is 6.33 Å². The molecule has 9 nitrogen and oxygen atoms in total. The maximum Gasteiger partial charge on any atom is 0.226 e. The average molecular weight is 295 g/mol. The van der Waals surface area contributed by atoms with Gasteiger partial charge in [0.1, 0.15) is 17.5 Å². The second-order valence-corrected chi connectivity index (χ2v) is 4.84. The number of hydrogen-bond acceptors (Lipinski definition) is 9. The zero-order valence-electron chi connectivity index (χ0n) is 11.7. The van der Waals surface area contributed by atoms with Gasteiger partial charge in [0.15, 0.2) is 11.5 Å². The number of anilines is 1. The molecule has 1 aliphatic heterocycles. The molecule has 4 rings (SSSR count). The molecule has 0 radical (unpaired) electrons. The predicted molar refractivity (Wildman–Crippen MR) is 79.0 cm³/mol. The number of nitrogens with one attached hydrogen (secondary N) is 1. The summed E-state index contributed by atoms with van der Waals surface area (Å²) in [7, 11) is 0. The first-order chi connectivity index (χ1) is 10.9. The number of fused-ring (bicyclic) bond motifs is 1. The van der Waals surface area contributed by atoms with Gasteiger partial charge in [-0.2, -0.15) is 0 Å². The first kappa shape index (κ1) is 12.9. The Labute approximate surface area is 125 Å². The fourth-order valence-electron chi connectivity index (χ4n) is 2.31. The Kier molecular flexibility index (Phi) is 3.24. The summed E-state index contributed by atoms with van der Waals surface area (Å²) in [5.74, 6) is 1.20. The molecule has 0 aliphatic carbocycles. The van der Waals surface area contributed by atoms with Crippen LogP contribution in [0.3, 0.4) is 0 Å². The first-order valence-electron chi connectivity index (χ1n) is 7.00. The molecule has 3 aromatic rings. The summed E-state index contributed by atoms with van der Waals surface area (Å²) in [5.41, 5.74) is 1.73. The normalized spacial score (nSPS) is 15.2. The molecule has 0 atom stereocenters. The second-order valence-electron chi connectivity index (χ2n) is 4.84. The third-order valence-corrected chi connectivity index (χ3v) is 3.42. The van der Waals surface area contributed by atoms with Crippen molar-refractivity contribution in [2.24, 2.45) is 0 Å². The molecular formula is C13H13N9. The lowest BCUT2D eigenvalue weighted by atomic mass is 10.3. The number of nitrogens with zero attached hydrogens (tertiary/aromatic N) is 8. The molecule has 0 spiro atoms. The molecular weight excluding hydrogens is 282 g/mol.